The third-order valence-corrected chi connectivity index (χ3v) is 8.49. The number of aryl methyl sites for hydroxylation is 1. The molecule has 200 valence electrons. The highest BCUT2D eigenvalue weighted by Crippen LogP contribution is 2.54. The van der Waals surface area contributed by atoms with Crippen LogP contribution in [0, 0.1) is 5.41 Å². The summed E-state index contributed by atoms with van der Waals surface area (Å²) in [5.74, 6) is 1.64. The minimum absolute atomic E-state index is 0.000290. The van der Waals surface area contributed by atoms with Crippen molar-refractivity contribution in [3.8, 4) is 11.4 Å². The van der Waals surface area contributed by atoms with Crippen LogP contribution in [0.15, 0.2) is 30.9 Å². The van der Waals surface area contributed by atoms with Crippen molar-refractivity contribution >= 4 is 22.9 Å². The van der Waals surface area contributed by atoms with Crippen LogP contribution in [0.4, 0.5) is 10.6 Å². The zero-order valence-corrected chi connectivity index (χ0v) is 22.8. The first kappa shape index (κ1) is 24.8. The molecule has 0 aromatic carbocycles. The number of ether oxygens (including phenoxy) is 1. The van der Waals surface area contributed by atoms with Gasteiger partial charge < -0.3 is 19.9 Å². The van der Waals surface area contributed by atoms with Gasteiger partial charge in [-0.25, -0.2) is 24.7 Å². The monoisotopic (exact) mass is 515 g/mol. The summed E-state index contributed by atoms with van der Waals surface area (Å²) in [6.45, 7) is 6.95. The van der Waals surface area contributed by atoms with Gasteiger partial charge in [0.25, 0.3) is 0 Å². The standard InChI is InChI=1S/C29H37N7O2/c1-28(2,3)38-27(37)36-13-12-29(10-6-5-7-11-29)20(16-36)23-21(22-24(30)33-17-34-26(22)35(23)4)25-31-14-19(15-32-25)18-8-9-18/h5-6,14-15,17-18,20H,7-13,16H2,1-4H3,(H2,30,33,34). The van der Waals surface area contributed by atoms with E-state index in [0.29, 0.717) is 30.6 Å². The summed E-state index contributed by atoms with van der Waals surface area (Å²) < 4.78 is 7.93. The minimum Gasteiger partial charge on any atom is -0.444 e. The van der Waals surface area contributed by atoms with Crippen LogP contribution in [-0.4, -0.2) is 54.2 Å². The van der Waals surface area contributed by atoms with Crippen molar-refractivity contribution in [2.24, 2.45) is 12.5 Å². The van der Waals surface area contributed by atoms with Crippen molar-refractivity contribution in [2.45, 2.75) is 76.7 Å². The lowest BCUT2D eigenvalue weighted by atomic mass is 9.62. The Bertz CT molecular complexity index is 1400. The van der Waals surface area contributed by atoms with E-state index in [0.717, 1.165) is 48.0 Å². The average molecular weight is 516 g/mol. The Morgan fingerprint density at radius 1 is 1.11 bits per heavy atom. The lowest BCUT2D eigenvalue weighted by Gasteiger charge is -2.49. The van der Waals surface area contributed by atoms with Gasteiger partial charge in [0.05, 0.1) is 10.9 Å². The summed E-state index contributed by atoms with van der Waals surface area (Å²) in [4.78, 5) is 33.8. The molecular formula is C29H37N7O2. The number of nitrogen functional groups attached to an aromatic ring is 1. The maximum absolute atomic E-state index is 13.3. The first-order valence-corrected chi connectivity index (χ1v) is 13.7. The molecule has 4 heterocycles. The van der Waals surface area contributed by atoms with E-state index >= 15 is 0 Å². The quantitative estimate of drug-likeness (QED) is 0.469. The Hall–Kier alpha value is -3.49. The second-order valence-corrected chi connectivity index (χ2v) is 12.2. The van der Waals surface area contributed by atoms with Crippen LogP contribution in [0.5, 0.6) is 0 Å². The second kappa shape index (κ2) is 9.06. The van der Waals surface area contributed by atoms with Crippen LogP contribution < -0.4 is 5.73 Å². The van der Waals surface area contributed by atoms with Gasteiger partial charge in [0.1, 0.15) is 23.4 Å². The van der Waals surface area contributed by atoms with E-state index in [4.69, 9.17) is 20.4 Å². The summed E-state index contributed by atoms with van der Waals surface area (Å²) in [6.07, 6.45) is 16.0. The Labute approximate surface area is 223 Å². The highest BCUT2D eigenvalue weighted by Gasteiger charge is 2.47. The first-order valence-electron chi connectivity index (χ1n) is 13.7. The topological polar surface area (TPSA) is 112 Å². The van der Waals surface area contributed by atoms with Crippen LogP contribution in [0.1, 0.15) is 82.4 Å². The number of fused-ring (bicyclic) bond motifs is 1. The van der Waals surface area contributed by atoms with Crippen LogP contribution in [0.2, 0.25) is 0 Å². The molecule has 38 heavy (non-hydrogen) atoms. The van der Waals surface area contributed by atoms with Gasteiger partial charge in [0.15, 0.2) is 5.82 Å². The number of piperidine rings is 1. The highest BCUT2D eigenvalue weighted by molar-refractivity contribution is 6.01. The number of carbonyl (C=O) groups excluding carboxylic acids is 1. The Balaban J connectivity index is 1.52. The van der Waals surface area contributed by atoms with Gasteiger partial charge in [-0.2, -0.15) is 0 Å². The van der Waals surface area contributed by atoms with Crippen LogP contribution in [0.25, 0.3) is 22.4 Å². The van der Waals surface area contributed by atoms with Gasteiger partial charge in [-0.1, -0.05) is 12.2 Å². The lowest BCUT2D eigenvalue weighted by Crippen LogP contribution is -2.50. The van der Waals surface area contributed by atoms with E-state index in [-0.39, 0.29) is 17.4 Å². The van der Waals surface area contributed by atoms with Crippen molar-refractivity contribution in [2.75, 3.05) is 18.8 Å². The first-order chi connectivity index (χ1) is 18.2. The predicted octanol–water partition coefficient (Wildman–Crippen LogP) is 5.34. The van der Waals surface area contributed by atoms with Crippen LogP contribution >= 0.6 is 0 Å². The van der Waals surface area contributed by atoms with Crippen LogP contribution in [0.3, 0.4) is 0 Å². The fraction of sp³-hybridized carbons (Fsp3) is 0.552. The molecule has 3 aromatic rings. The van der Waals surface area contributed by atoms with E-state index in [1.807, 2.05) is 45.1 Å². The molecule has 3 aliphatic rings. The summed E-state index contributed by atoms with van der Waals surface area (Å²) in [5.41, 5.74) is 9.83. The van der Waals surface area contributed by atoms with Crippen molar-refractivity contribution in [1.29, 1.82) is 0 Å². The largest absolute Gasteiger partial charge is 0.444 e. The molecule has 1 saturated carbocycles. The normalized spacial score (nSPS) is 23.8. The average Bonchev–Trinajstić information content (AvgIpc) is 3.69. The predicted molar refractivity (Wildman–Crippen MR) is 147 cm³/mol. The van der Waals surface area contributed by atoms with E-state index in [2.05, 4.69) is 26.7 Å². The van der Waals surface area contributed by atoms with Crippen molar-refractivity contribution in [3.05, 3.63) is 42.1 Å². The highest BCUT2D eigenvalue weighted by atomic mass is 16.6. The molecular weight excluding hydrogens is 478 g/mol. The van der Waals surface area contributed by atoms with E-state index < -0.39 is 5.60 Å². The summed E-state index contributed by atoms with van der Waals surface area (Å²) in [7, 11) is 2.03. The van der Waals surface area contributed by atoms with Gasteiger partial charge in [-0.3, -0.25) is 0 Å². The number of anilines is 1. The number of rotatable bonds is 3. The molecule has 2 aliphatic carbocycles. The van der Waals surface area contributed by atoms with Crippen molar-refractivity contribution in [1.82, 2.24) is 29.4 Å². The fourth-order valence-corrected chi connectivity index (χ4v) is 6.38. The van der Waals surface area contributed by atoms with Crippen molar-refractivity contribution in [3.63, 3.8) is 0 Å². The Kier molecular flexibility index (Phi) is 5.92. The smallest absolute Gasteiger partial charge is 0.410 e. The summed E-state index contributed by atoms with van der Waals surface area (Å²) in [6, 6.07) is 0. The number of nitrogens with two attached hydrogens (primary N) is 1. The number of amides is 1. The number of allylic oxidation sites excluding steroid dienone is 2. The maximum Gasteiger partial charge on any atom is 0.410 e. The molecule has 1 saturated heterocycles. The number of carbonyl (C=O) groups is 1. The molecule has 6 rings (SSSR count). The van der Waals surface area contributed by atoms with E-state index in [1.54, 1.807) is 0 Å². The van der Waals surface area contributed by atoms with Gasteiger partial charge >= 0.3 is 6.09 Å². The van der Waals surface area contributed by atoms with Crippen molar-refractivity contribution < 1.29 is 9.53 Å². The van der Waals surface area contributed by atoms with Crippen LogP contribution in [-0.2, 0) is 11.8 Å². The van der Waals surface area contributed by atoms with Gasteiger partial charge in [0.2, 0.25) is 0 Å². The number of hydrogen-bond acceptors (Lipinski definition) is 7. The summed E-state index contributed by atoms with van der Waals surface area (Å²) >= 11 is 0. The third kappa shape index (κ3) is 4.31. The number of aromatic nitrogens is 5. The maximum atomic E-state index is 13.3. The van der Waals surface area contributed by atoms with E-state index in [1.165, 1.54) is 24.7 Å². The molecule has 0 radical (unpaired) electrons. The summed E-state index contributed by atoms with van der Waals surface area (Å²) in [5, 5.41) is 0.778. The molecule has 2 unspecified atom stereocenters. The molecule has 9 nitrogen and oxygen atoms in total. The molecule has 2 atom stereocenters. The molecule has 9 heteroatoms. The van der Waals surface area contributed by atoms with E-state index in [9.17, 15) is 4.79 Å². The van der Waals surface area contributed by atoms with Gasteiger partial charge in [-0.05, 0) is 76.2 Å². The zero-order valence-electron chi connectivity index (χ0n) is 22.8. The van der Waals surface area contributed by atoms with Gasteiger partial charge in [0, 0.05) is 44.1 Å². The number of likely N-dealkylation sites (tertiary alicyclic amines) is 1. The SMILES string of the molecule is Cn1c(C2CN(C(=O)OC(C)(C)C)CCC23CC=CCC3)c(-c2ncc(C3CC3)cn2)c2c(N)ncnc21. The molecule has 1 amide bonds. The number of nitrogens with zero attached hydrogens (tertiary/aromatic N) is 6. The Morgan fingerprint density at radius 3 is 2.53 bits per heavy atom. The molecule has 2 fully saturated rings. The fourth-order valence-electron chi connectivity index (χ4n) is 6.38. The molecule has 1 spiro atoms. The molecule has 1 aliphatic heterocycles. The second-order valence-electron chi connectivity index (χ2n) is 12.2. The number of hydrogen-bond donors (Lipinski definition) is 1. The third-order valence-electron chi connectivity index (χ3n) is 8.49. The van der Waals surface area contributed by atoms with Gasteiger partial charge in [-0.15, -0.1) is 0 Å². The Morgan fingerprint density at radius 2 is 1.87 bits per heavy atom. The zero-order chi connectivity index (χ0) is 26.7. The molecule has 3 aromatic heterocycles. The lowest BCUT2D eigenvalue weighted by molar-refractivity contribution is 0.00134. The minimum atomic E-state index is -0.554. The molecule has 2 N–H and O–H groups in total. The molecule has 0 bridgehead atoms.